The summed E-state index contributed by atoms with van der Waals surface area (Å²) in [6, 6.07) is 10.1. The largest absolute Gasteiger partial charge is 0.346 e. The van der Waals surface area contributed by atoms with Gasteiger partial charge in [-0.2, -0.15) is 0 Å². The van der Waals surface area contributed by atoms with E-state index in [0.29, 0.717) is 18.0 Å². The fourth-order valence-corrected chi connectivity index (χ4v) is 5.29. The molecular weight excluding hydrogens is 398 g/mol. The minimum Gasteiger partial charge on any atom is -0.346 e. The number of sulfone groups is 1. The molecule has 28 heavy (non-hydrogen) atoms. The number of thiophene rings is 1. The van der Waals surface area contributed by atoms with E-state index in [1.165, 1.54) is 11.3 Å². The Morgan fingerprint density at radius 3 is 2.29 bits per heavy atom. The summed E-state index contributed by atoms with van der Waals surface area (Å²) in [7, 11) is 0.147. The molecule has 1 aromatic carbocycles. The summed E-state index contributed by atoms with van der Waals surface area (Å²) in [4.78, 5) is 25.9. The van der Waals surface area contributed by atoms with Gasteiger partial charge in [0.25, 0.3) is 0 Å². The van der Waals surface area contributed by atoms with Crippen LogP contribution in [0.25, 0.3) is 0 Å². The Bertz CT molecular complexity index is 892. The number of amides is 2. The Kier molecular flexibility index (Phi) is 7.73. The van der Waals surface area contributed by atoms with E-state index in [1.807, 2.05) is 21.0 Å². The lowest BCUT2D eigenvalue weighted by Crippen LogP contribution is -3.06. The zero-order valence-corrected chi connectivity index (χ0v) is 17.8. The molecule has 1 aromatic heterocycles. The average Bonchev–Trinajstić information content (AvgIpc) is 3.15. The Morgan fingerprint density at radius 2 is 1.71 bits per heavy atom. The van der Waals surface area contributed by atoms with Gasteiger partial charge >= 0.3 is 11.8 Å². The molecule has 1 atom stereocenters. The molecule has 2 amide bonds. The average molecular weight is 425 g/mol. The first-order chi connectivity index (χ1) is 13.2. The van der Waals surface area contributed by atoms with Gasteiger partial charge in [0, 0.05) is 11.4 Å². The van der Waals surface area contributed by atoms with Gasteiger partial charge in [0.2, 0.25) is 0 Å². The molecule has 152 valence electrons. The lowest BCUT2D eigenvalue weighted by atomic mass is 10.2. The third kappa shape index (κ3) is 5.88. The number of hydrogen-bond donors (Lipinski definition) is 3. The third-order valence-electron chi connectivity index (χ3n) is 4.15. The van der Waals surface area contributed by atoms with E-state index in [4.69, 9.17) is 0 Å². The lowest BCUT2D eigenvalue weighted by Gasteiger charge is -2.17. The van der Waals surface area contributed by atoms with Gasteiger partial charge in [0.15, 0.2) is 9.84 Å². The predicted molar refractivity (Wildman–Crippen MR) is 109 cm³/mol. The molecule has 9 heteroatoms. The van der Waals surface area contributed by atoms with Gasteiger partial charge < -0.3 is 15.5 Å². The van der Waals surface area contributed by atoms with Crippen LogP contribution in [0, 0.1) is 6.92 Å². The van der Waals surface area contributed by atoms with Crippen molar-refractivity contribution >= 4 is 33.0 Å². The number of carbonyl (C=O) groups is 2. The van der Waals surface area contributed by atoms with E-state index < -0.39 is 26.9 Å². The van der Waals surface area contributed by atoms with Crippen LogP contribution in [0.2, 0.25) is 0 Å². The number of aryl methyl sites for hydroxylation is 1. The van der Waals surface area contributed by atoms with Gasteiger partial charge in [-0.15, -0.1) is 11.3 Å². The van der Waals surface area contributed by atoms with Crippen molar-refractivity contribution in [3.8, 4) is 0 Å². The van der Waals surface area contributed by atoms with Crippen LogP contribution < -0.4 is 15.5 Å². The van der Waals surface area contributed by atoms with E-state index in [0.717, 1.165) is 10.5 Å². The molecule has 0 aliphatic carbocycles. The molecular formula is C19H26N3O4S2+. The second-order valence-corrected chi connectivity index (χ2v) is 9.89. The molecule has 7 nitrogen and oxygen atoms in total. The molecule has 0 saturated carbocycles. The molecule has 2 aromatic rings. The van der Waals surface area contributed by atoms with Crippen LogP contribution in [0.5, 0.6) is 0 Å². The van der Waals surface area contributed by atoms with E-state index >= 15 is 0 Å². The summed E-state index contributed by atoms with van der Waals surface area (Å²) in [6.07, 6.45) is 0. The van der Waals surface area contributed by atoms with Crippen molar-refractivity contribution in [1.82, 2.24) is 10.6 Å². The highest BCUT2D eigenvalue weighted by Crippen LogP contribution is 2.31. The lowest BCUT2D eigenvalue weighted by molar-refractivity contribution is -0.856. The van der Waals surface area contributed by atoms with Crippen molar-refractivity contribution in [2.75, 3.05) is 33.7 Å². The maximum Gasteiger partial charge on any atom is 0.309 e. The molecule has 0 fully saturated rings. The van der Waals surface area contributed by atoms with Crippen molar-refractivity contribution in [3.63, 3.8) is 0 Å². The second-order valence-electron chi connectivity index (χ2n) is 6.79. The summed E-state index contributed by atoms with van der Waals surface area (Å²) in [5, 5.41) is 5.82. The minimum absolute atomic E-state index is 0.179. The van der Waals surface area contributed by atoms with Crippen molar-refractivity contribution < 1.29 is 22.9 Å². The van der Waals surface area contributed by atoms with Gasteiger partial charge in [-0.1, -0.05) is 23.8 Å². The smallest absolute Gasteiger partial charge is 0.309 e. The van der Waals surface area contributed by atoms with Crippen molar-refractivity contribution in [3.05, 3.63) is 52.2 Å². The van der Waals surface area contributed by atoms with Gasteiger partial charge in [-0.3, -0.25) is 9.59 Å². The molecule has 3 N–H and O–H groups in total. The first-order valence-corrected chi connectivity index (χ1v) is 11.3. The minimum atomic E-state index is -3.73. The number of benzene rings is 1. The molecule has 0 aliphatic rings. The number of rotatable bonds is 8. The second kappa shape index (κ2) is 9.81. The molecule has 0 bridgehead atoms. The SMILES string of the molecule is Cc1ccc(S(=O)(=O)[C@H](CNC(=O)C(=O)NCC[NH+](C)C)c2cccs2)cc1. The van der Waals surface area contributed by atoms with Crippen LogP contribution in [0.1, 0.15) is 15.7 Å². The molecule has 0 spiro atoms. The van der Waals surface area contributed by atoms with Crippen LogP contribution in [-0.2, 0) is 19.4 Å². The predicted octanol–water partition coefficient (Wildman–Crippen LogP) is -0.0516. The Hall–Kier alpha value is -2.23. The van der Waals surface area contributed by atoms with Crippen molar-refractivity contribution in [2.45, 2.75) is 17.1 Å². The van der Waals surface area contributed by atoms with Crippen molar-refractivity contribution in [1.29, 1.82) is 0 Å². The standard InChI is InChI=1S/C19H25N3O4S2/c1-14-6-8-15(9-7-14)28(25,26)17(16-5-4-12-27-16)13-21-19(24)18(23)20-10-11-22(2)3/h4-9,12,17H,10-11,13H2,1-3H3,(H,20,23)(H,21,24)/p+1/t17-/m1/s1. The number of likely N-dealkylation sites (N-methyl/N-ethyl adjacent to an activating group) is 1. The van der Waals surface area contributed by atoms with Gasteiger partial charge in [-0.05, 0) is 30.5 Å². The van der Waals surface area contributed by atoms with E-state index in [2.05, 4.69) is 10.6 Å². The molecule has 0 aliphatic heterocycles. The fourth-order valence-electron chi connectivity index (χ4n) is 2.50. The van der Waals surface area contributed by atoms with Gasteiger partial charge in [-0.25, -0.2) is 8.42 Å². The maximum absolute atomic E-state index is 13.1. The molecule has 2 rings (SSSR count). The summed E-state index contributed by atoms with van der Waals surface area (Å²) < 4.78 is 26.2. The fraction of sp³-hybridized carbons (Fsp3) is 0.368. The highest BCUT2D eigenvalue weighted by atomic mass is 32.2. The Balaban J connectivity index is 2.11. The Morgan fingerprint density at radius 1 is 1.07 bits per heavy atom. The molecule has 1 heterocycles. The molecule has 0 radical (unpaired) electrons. The summed E-state index contributed by atoms with van der Waals surface area (Å²) in [6.45, 7) is 2.74. The highest BCUT2D eigenvalue weighted by Gasteiger charge is 2.31. The maximum atomic E-state index is 13.1. The van der Waals surface area contributed by atoms with Crippen molar-refractivity contribution in [2.24, 2.45) is 0 Å². The first-order valence-electron chi connectivity index (χ1n) is 8.91. The summed E-state index contributed by atoms with van der Waals surface area (Å²) in [5.74, 6) is -1.60. The molecule has 0 unspecified atom stereocenters. The molecule has 0 saturated heterocycles. The van der Waals surface area contributed by atoms with E-state index in [1.54, 1.807) is 41.8 Å². The summed E-state index contributed by atoms with van der Waals surface area (Å²) in [5.41, 5.74) is 0.955. The van der Waals surface area contributed by atoms with E-state index in [9.17, 15) is 18.0 Å². The number of nitrogens with one attached hydrogen (secondary N) is 3. The first kappa shape index (κ1) is 22.1. The highest BCUT2D eigenvalue weighted by molar-refractivity contribution is 7.91. The zero-order valence-electron chi connectivity index (χ0n) is 16.2. The quantitative estimate of drug-likeness (QED) is 0.518. The summed E-state index contributed by atoms with van der Waals surface area (Å²) >= 11 is 1.30. The van der Waals surface area contributed by atoms with Crippen LogP contribution >= 0.6 is 11.3 Å². The van der Waals surface area contributed by atoms with Gasteiger partial charge in [0.05, 0.1) is 32.1 Å². The normalized spacial score (nSPS) is 12.6. The van der Waals surface area contributed by atoms with Crippen LogP contribution in [-0.4, -0.2) is 54.0 Å². The Labute approximate surface area is 169 Å². The zero-order chi connectivity index (χ0) is 20.7. The van der Waals surface area contributed by atoms with Crippen LogP contribution in [0.3, 0.4) is 0 Å². The van der Waals surface area contributed by atoms with Crippen LogP contribution in [0.15, 0.2) is 46.7 Å². The number of quaternary nitrogens is 1. The third-order valence-corrected chi connectivity index (χ3v) is 7.38. The number of carbonyl (C=O) groups excluding carboxylic acids is 2. The van der Waals surface area contributed by atoms with Gasteiger partial charge in [0.1, 0.15) is 5.25 Å². The number of hydrogen-bond acceptors (Lipinski definition) is 5. The monoisotopic (exact) mass is 424 g/mol. The van der Waals surface area contributed by atoms with E-state index in [-0.39, 0.29) is 11.4 Å². The van der Waals surface area contributed by atoms with Crippen LogP contribution in [0.4, 0.5) is 0 Å². The topological polar surface area (TPSA) is 96.8 Å².